The minimum absolute atomic E-state index is 0.729. The Morgan fingerprint density at radius 2 is 1.90 bits per heavy atom. The molecule has 5 nitrogen and oxygen atoms in total. The standard InChI is InChI=1S/C16H18N4O/c1-21-15-13-6-7-17-8-14(13)18-16(19-15)20-9-11-4-2-3-5-12(11)10-20/h2-5,17H,6-10H2,1H3. The molecule has 0 spiro atoms. The van der Waals surface area contributed by atoms with Crippen molar-refractivity contribution >= 4 is 5.95 Å². The largest absolute Gasteiger partial charge is 0.481 e. The zero-order chi connectivity index (χ0) is 14.2. The number of methoxy groups -OCH3 is 1. The molecular weight excluding hydrogens is 264 g/mol. The Bertz CT molecular complexity index is 644. The highest BCUT2D eigenvalue weighted by atomic mass is 16.5. The van der Waals surface area contributed by atoms with Crippen molar-refractivity contribution in [2.75, 3.05) is 18.6 Å². The monoisotopic (exact) mass is 282 g/mol. The Hall–Kier alpha value is -2.14. The fraction of sp³-hybridized carbons (Fsp3) is 0.375. The molecule has 0 bridgehead atoms. The van der Waals surface area contributed by atoms with Gasteiger partial charge in [-0.25, -0.2) is 4.98 Å². The highest BCUT2D eigenvalue weighted by Gasteiger charge is 2.24. The third-order valence-electron chi connectivity index (χ3n) is 4.20. The molecule has 5 heteroatoms. The normalized spacial score (nSPS) is 16.5. The number of ether oxygens (including phenoxy) is 1. The van der Waals surface area contributed by atoms with Gasteiger partial charge in [-0.1, -0.05) is 24.3 Å². The first kappa shape index (κ1) is 12.6. The molecule has 3 heterocycles. The lowest BCUT2D eigenvalue weighted by atomic mass is 10.1. The van der Waals surface area contributed by atoms with Crippen molar-refractivity contribution in [1.82, 2.24) is 15.3 Å². The summed E-state index contributed by atoms with van der Waals surface area (Å²) in [5.41, 5.74) is 4.93. The minimum Gasteiger partial charge on any atom is -0.481 e. The molecule has 2 aromatic rings. The number of nitrogens with one attached hydrogen (secondary N) is 1. The van der Waals surface area contributed by atoms with Gasteiger partial charge in [0.1, 0.15) is 0 Å². The third kappa shape index (κ3) is 2.14. The molecule has 0 radical (unpaired) electrons. The van der Waals surface area contributed by atoms with Gasteiger partial charge in [-0.05, 0) is 24.1 Å². The summed E-state index contributed by atoms with van der Waals surface area (Å²) < 4.78 is 5.48. The van der Waals surface area contributed by atoms with E-state index >= 15 is 0 Å². The van der Waals surface area contributed by atoms with Crippen LogP contribution in [0.25, 0.3) is 0 Å². The molecule has 108 valence electrons. The predicted molar refractivity (Wildman–Crippen MR) is 80.3 cm³/mol. The van der Waals surface area contributed by atoms with E-state index in [0.717, 1.165) is 55.7 Å². The fourth-order valence-corrected chi connectivity index (χ4v) is 3.10. The summed E-state index contributed by atoms with van der Waals surface area (Å²) >= 11 is 0. The van der Waals surface area contributed by atoms with Crippen molar-refractivity contribution in [3.63, 3.8) is 0 Å². The Morgan fingerprint density at radius 3 is 2.62 bits per heavy atom. The first-order valence-electron chi connectivity index (χ1n) is 7.31. The summed E-state index contributed by atoms with van der Waals surface area (Å²) in [6, 6.07) is 8.51. The lowest BCUT2D eigenvalue weighted by molar-refractivity contribution is 0.386. The average molecular weight is 282 g/mol. The Morgan fingerprint density at radius 1 is 1.14 bits per heavy atom. The van der Waals surface area contributed by atoms with E-state index in [0.29, 0.717) is 0 Å². The van der Waals surface area contributed by atoms with E-state index in [1.54, 1.807) is 7.11 Å². The van der Waals surface area contributed by atoms with Crippen molar-refractivity contribution in [3.05, 3.63) is 46.6 Å². The fourth-order valence-electron chi connectivity index (χ4n) is 3.10. The molecule has 21 heavy (non-hydrogen) atoms. The van der Waals surface area contributed by atoms with Crippen molar-refractivity contribution in [3.8, 4) is 5.88 Å². The van der Waals surface area contributed by atoms with E-state index in [-0.39, 0.29) is 0 Å². The lowest BCUT2D eigenvalue weighted by Gasteiger charge is -2.22. The quantitative estimate of drug-likeness (QED) is 0.907. The Balaban J connectivity index is 1.70. The number of hydrogen-bond donors (Lipinski definition) is 1. The lowest BCUT2D eigenvalue weighted by Crippen LogP contribution is -2.27. The molecule has 0 amide bonds. The number of benzene rings is 1. The van der Waals surface area contributed by atoms with Crippen LogP contribution in [0.1, 0.15) is 22.4 Å². The third-order valence-corrected chi connectivity index (χ3v) is 4.20. The van der Waals surface area contributed by atoms with E-state index in [2.05, 4.69) is 39.5 Å². The molecule has 2 aliphatic heterocycles. The van der Waals surface area contributed by atoms with Gasteiger partial charge in [0.15, 0.2) is 0 Å². The van der Waals surface area contributed by atoms with Gasteiger partial charge < -0.3 is 15.0 Å². The van der Waals surface area contributed by atoms with E-state index in [4.69, 9.17) is 9.72 Å². The highest BCUT2D eigenvalue weighted by molar-refractivity contribution is 5.47. The summed E-state index contributed by atoms with van der Waals surface area (Å²) in [4.78, 5) is 11.6. The summed E-state index contributed by atoms with van der Waals surface area (Å²) in [6.07, 6.45) is 0.930. The molecule has 1 aromatic heterocycles. The van der Waals surface area contributed by atoms with Crippen LogP contribution in [-0.2, 0) is 26.1 Å². The van der Waals surface area contributed by atoms with Crippen LogP contribution in [0, 0.1) is 0 Å². The van der Waals surface area contributed by atoms with Gasteiger partial charge in [0.2, 0.25) is 11.8 Å². The molecule has 0 atom stereocenters. The molecule has 4 rings (SSSR count). The van der Waals surface area contributed by atoms with Gasteiger partial charge in [-0.2, -0.15) is 4.98 Å². The molecule has 2 aliphatic rings. The maximum absolute atomic E-state index is 5.48. The van der Waals surface area contributed by atoms with Crippen molar-refractivity contribution in [2.24, 2.45) is 0 Å². The van der Waals surface area contributed by atoms with Crippen LogP contribution in [0.15, 0.2) is 24.3 Å². The van der Waals surface area contributed by atoms with E-state index < -0.39 is 0 Å². The van der Waals surface area contributed by atoms with E-state index in [9.17, 15) is 0 Å². The molecule has 1 N–H and O–H groups in total. The summed E-state index contributed by atoms with van der Waals surface area (Å²) in [5.74, 6) is 1.50. The van der Waals surface area contributed by atoms with E-state index in [1.165, 1.54) is 11.1 Å². The van der Waals surface area contributed by atoms with Crippen LogP contribution in [-0.4, -0.2) is 23.6 Å². The van der Waals surface area contributed by atoms with Crippen LogP contribution in [0.5, 0.6) is 5.88 Å². The second kappa shape index (κ2) is 5.00. The molecule has 0 unspecified atom stereocenters. The smallest absolute Gasteiger partial charge is 0.229 e. The maximum Gasteiger partial charge on any atom is 0.229 e. The summed E-state index contributed by atoms with van der Waals surface area (Å²) in [7, 11) is 1.69. The van der Waals surface area contributed by atoms with Crippen LogP contribution in [0.4, 0.5) is 5.95 Å². The number of nitrogens with zero attached hydrogens (tertiary/aromatic N) is 3. The van der Waals surface area contributed by atoms with Gasteiger partial charge in [0, 0.05) is 25.2 Å². The molecule has 1 aromatic carbocycles. The van der Waals surface area contributed by atoms with Gasteiger partial charge in [-0.3, -0.25) is 0 Å². The van der Waals surface area contributed by atoms with Crippen molar-refractivity contribution < 1.29 is 4.74 Å². The molecule has 0 fully saturated rings. The van der Waals surface area contributed by atoms with Crippen LogP contribution < -0.4 is 15.0 Å². The van der Waals surface area contributed by atoms with Crippen LogP contribution in [0.3, 0.4) is 0 Å². The SMILES string of the molecule is COc1nc(N2Cc3ccccc3C2)nc2c1CCNC2. The van der Waals surface area contributed by atoms with Gasteiger partial charge >= 0.3 is 0 Å². The van der Waals surface area contributed by atoms with Gasteiger partial charge in [0.25, 0.3) is 0 Å². The Kier molecular flexibility index (Phi) is 3.00. The second-order valence-electron chi connectivity index (χ2n) is 5.51. The first-order valence-corrected chi connectivity index (χ1v) is 7.31. The Labute approximate surface area is 124 Å². The number of hydrogen-bond acceptors (Lipinski definition) is 5. The summed E-state index contributed by atoms with van der Waals surface area (Å²) in [5, 5.41) is 3.36. The highest BCUT2D eigenvalue weighted by Crippen LogP contribution is 2.30. The van der Waals surface area contributed by atoms with Crippen LogP contribution >= 0.6 is 0 Å². The number of rotatable bonds is 2. The number of fused-ring (bicyclic) bond motifs is 2. The van der Waals surface area contributed by atoms with Gasteiger partial charge in [-0.15, -0.1) is 0 Å². The molecule has 0 saturated heterocycles. The molecule has 0 aliphatic carbocycles. The van der Waals surface area contributed by atoms with E-state index in [1.807, 2.05) is 0 Å². The second-order valence-corrected chi connectivity index (χ2v) is 5.51. The van der Waals surface area contributed by atoms with Crippen molar-refractivity contribution in [2.45, 2.75) is 26.1 Å². The minimum atomic E-state index is 0.729. The number of aromatic nitrogens is 2. The average Bonchev–Trinajstić information content (AvgIpc) is 2.98. The maximum atomic E-state index is 5.48. The first-order chi connectivity index (χ1) is 10.3. The topological polar surface area (TPSA) is 50.3 Å². The van der Waals surface area contributed by atoms with Crippen molar-refractivity contribution in [1.29, 1.82) is 0 Å². The zero-order valence-electron chi connectivity index (χ0n) is 12.1. The molecule has 0 saturated carbocycles. The summed E-state index contributed by atoms with van der Waals surface area (Å²) in [6.45, 7) is 3.49. The zero-order valence-corrected chi connectivity index (χ0v) is 12.1. The number of anilines is 1. The van der Waals surface area contributed by atoms with Crippen LogP contribution in [0.2, 0.25) is 0 Å². The van der Waals surface area contributed by atoms with Gasteiger partial charge in [0.05, 0.1) is 12.8 Å². The predicted octanol–water partition coefficient (Wildman–Crippen LogP) is 1.65. The molecular formula is C16H18N4O.